The average Bonchev–Trinajstić information content (AvgIpc) is 2.50. The molecule has 0 saturated heterocycles. The van der Waals surface area contributed by atoms with Crippen LogP contribution in [0.5, 0.6) is 0 Å². The molecule has 1 atom stereocenters. The van der Waals surface area contributed by atoms with Crippen LogP contribution < -0.4 is 5.32 Å². The number of likely N-dealkylation sites (N-methyl/N-ethyl adjacent to an activating group) is 1. The Balaban J connectivity index is 2.00. The molecule has 1 unspecified atom stereocenters. The molecule has 0 fully saturated rings. The first-order valence-corrected chi connectivity index (χ1v) is 7.26. The third kappa shape index (κ3) is 4.90. The van der Waals surface area contributed by atoms with E-state index in [2.05, 4.69) is 10.3 Å². The highest BCUT2D eigenvalue weighted by Crippen LogP contribution is 2.14. The summed E-state index contributed by atoms with van der Waals surface area (Å²) in [6.45, 7) is 2.81. The van der Waals surface area contributed by atoms with Gasteiger partial charge in [0, 0.05) is 17.9 Å². The lowest BCUT2D eigenvalue weighted by atomic mass is 10.00. The molecule has 0 spiro atoms. The van der Waals surface area contributed by atoms with E-state index in [0.29, 0.717) is 12.0 Å². The van der Waals surface area contributed by atoms with E-state index in [1.165, 1.54) is 12.1 Å². The van der Waals surface area contributed by atoms with Gasteiger partial charge in [0.1, 0.15) is 11.6 Å². The minimum atomic E-state index is -0.397. The summed E-state index contributed by atoms with van der Waals surface area (Å²) in [5.74, 6) is -0.747. The predicted octanol–water partition coefficient (Wildman–Crippen LogP) is 3.51. The Labute approximate surface area is 124 Å². The second kappa shape index (κ2) is 7.84. The second-order valence-electron chi connectivity index (χ2n) is 5.05. The Bertz CT molecular complexity index is 558. The van der Waals surface area contributed by atoms with Crippen LogP contribution in [0.2, 0.25) is 0 Å². The zero-order valence-corrected chi connectivity index (χ0v) is 12.2. The lowest BCUT2D eigenvalue weighted by molar-refractivity contribution is 0.475. The maximum absolute atomic E-state index is 13.7. The molecule has 0 radical (unpaired) electrons. The van der Waals surface area contributed by atoms with E-state index in [1.54, 1.807) is 6.20 Å². The molecule has 1 N–H and O–H groups in total. The molecule has 0 bridgehead atoms. The molecule has 0 aliphatic heterocycles. The molecule has 21 heavy (non-hydrogen) atoms. The van der Waals surface area contributed by atoms with Gasteiger partial charge in [-0.2, -0.15) is 0 Å². The molecule has 1 aromatic heterocycles. The van der Waals surface area contributed by atoms with Crippen molar-refractivity contribution in [2.45, 2.75) is 32.2 Å². The van der Waals surface area contributed by atoms with Crippen molar-refractivity contribution in [3.05, 3.63) is 65.5 Å². The minimum Gasteiger partial charge on any atom is -0.314 e. The zero-order valence-electron chi connectivity index (χ0n) is 12.2. The molecule has 0 aliphatic rings. The maximum Gasteiger partial charge on any atom is 0.126 e. The standard InChI is InChI=1S/C17H20F2N2/c1-2-20-16(8-7-15-5-3-4-10-21-15)12-13-11-14(18)6-9-17(13)19/h3-6,9-11,16,20H,2,7-8,12H2,1H3. The molecule has 1 aromatic carbocycles. The molecule has 2 nitrogen and oxygen atoms in total. The van der Waals surface area contributed by atoms with E-state index in [9.17, 15) is 8.78 Å². The van der Waals surface area contributed by atoms with Crippen molar-refractivity contribution in [3.63, 3.8) is 0 Å². The molecule has 2 aromatic rings. The largest absolute Gasteiger partial charge is 0.314 e. The van der Waals surface area contributed by atoms with Crippen LogP contribution in [0.1, 0.15) is 24.6 Å². The van der Waals surface area contributed by atoms with Gasteiger partial charge < -0.3 is 5.32 Å². The number of aromatic nitrogens is 1. The van der Waals surface area contributed by atoms with E-state index >= 15 is 0 Å². The molecule has 2 rings (SSSR count). The lowest BCUT2D eigenvalue weighted by Gasteiger charge is -2.18. The monoisotopic (exact) mass is 290 g/mol. The molecular formula is C17H20F2N2. The Hall–Kier alpha value is -1.81. The first-order chi connectivity index (χ1) is 10.2. The van der Waals surface area contributed by atoms with E-state index in [-0.39, 0.29) is 11.9 Å². The number of rotatable bonds is 7. The highest BCUT2D eigenvalue weighted by Gasteiger charge is 2.13. The van der Waals surface area contributed by atoms with Gasteiger partial charge in [-0.15, -0.1) is 0 Å². The van der Waals surface area contributed by atoms with Crippen LogP contribution in [0, 0.1) is 11.6 Å². The van der Waals surface area contributed by atoms with Gasteiger partial charge in [-0.1, -0.05) is 13.0 Å². The Morgan fingerprint density at radius 1 is 1.19 bits per heavy atom. The second-order valence-corrected chi connectivity index (χ2v) is 5.05. The van der Waals surface area contributed by atoms with Crippen molar-refractivity contribution >= 4 is 0 Å². The van der Waals surface area contributed by atoms with Crippen molar-refractivity contribution in [2.75, 3.05) is 6.54 Å². The average molecular weight is 290 g/mol. The van der Waals surface area contributed by atoms with E-state index in [1.807, 2.05) is 25.1 Å². The number of nitrogens with one attached hydrogen (secondary N) is 1. The smallest absolute Gasteiger partial charge is 0.126 e. The van der Waals surface area contributed by atoms with Crippen molar-refractivity contribution in [1.82, 2.24) is 10.3 Å². The fourth-order valence-corrected chi connectivity index (χ4v) is 2.40. The molecule has 4 heteroatoms. The molecule has 112 valence electrons. The lowest BCUT2D eigenvalue weighted by Crippen LogP contribution is -2.32. The number of hydrogen-bond acceptors (Lipinski definition) is 2. The van der Waals surface area contributed by atoms with Gasteiger partial charge in [0.05, 0.1) is 0 Å². The first kappa shape index (κ1) is 15.6. The number of hydrogen-bond donors (Lipinski definition) is 1. The summed E-state index contributed by atoms with van der Waals surface area (Å²) in [5.41, 5.74) is 1.43. The number of pyridine rings is 1. The van der Waals surface area contributed by atoms with Gasteiger partial charge in [0.2, 0.25) is 0 Å². The van der Waals surface area contributed by atoms with Crippen molar-refractivity contribution < 1.29 is 8.78 Å². The topological polar surface area (TPSA) is 24.9 Å². The Morgan fingerprint density at radius 3 is 2.76 bits per heavy atom. The number of benzene rings is 1. The summed E-state index contributed by atoms with van der Waals surface area (Å²) in [7, 11) is 0. The van der Waals surface area contributed by atoms with Crippen molar-refractivity contribution in [2.24, 2.45) is 0 Å². The van der Waals surface area contributed by atoms with Crippen LogP contribution in [-0.4, -0.2) is 17.6 Å². The number of nitrogens with zero attached hydrogens (tertiary/aromatic N) is 1. The highest BCUT2D eigenvalue weighted by molar-refractivity contribution is 5.20. The molecule has 0 aliphatic carbocycles. The summed E-state index contributed by atoms with van der Waals surface area (Å²) < 4.78 is 27.0. The summed E-state index contributed by atoms with van der Waals surface area (Å²) in [6.07, 6.45) is 3.89. The van der Waals surface area contributed by atoms with Gasteiger partial charge in [0.25, 0.3) is 0 Å². The van der Waals surface area contributed by atoms with Crippen molar-refractivity contribution in [3.8, 4) is 0 Å². The molecule has 1 heterocycles. The molecule has 0 amide bonds. The fourth-order valence-electron chi connectivity index (χ4n) is 2.40. The van der Waals surface area contributed by atoms with Crippen LogP contribution in [-0.2, 0) is 12.8 Å². The zero-order chi connectivity index (χ0) is 15.1. The van der Waals surface area contributed by atoms with Crippen molar-refractivity contribution in [1.29, 1.82) is 0 Å². The van der Waals surface area contributed by atoms with Gasteiger partial charge in [-0.05, 0) is 61.7 Å². The quantitative estimate of drug-likeness (QED) is 0.844. The van der Waals surface area contributed by atoms with Crippen LogP contribution >= 0.6 is 0 Å². The summed E-state index contributed by atoms with van der Waals surface area (Å²) in [6, 6.07) is 9.53. The molecular weight excluding hydrogens is 270 g/mol. The summed E-state index contributed by atoms with van der Waals surface area (Å²) in [4.78, 5) is 4.29. The van der Waals surface area contributed by atoms with E-state index in [0.717, 1.165) is 31.1 Å². The maximum atomic E-state index is 13.7. The number of halogens is 2. The molecule has 0 saturated carbocycles. The fraction of sp³-hybridized carbons (Fsp3) is 0.353. The Kier molecular flexibility index (Phi) is 5.81. The first-order valence-electron chi connectivity index (χ1n) is 7.26. The van der Waals surface area contributed by atoms with Gasteiger partial charge in [0.15, 0.2) is 0 Å². The Morgan fingerprint density at radius 2 is 2.05 bits per heavy atom. The third-order valence-electron chi connectivity index (χ3n) is 3.44. The van der Waals surface area contributed by atoms with Crippen LogP contribution in [0.3, 0.4) is 0 Å². The number of aryl methyl sites for hydroxylation is 1. The van der Waals surface area contributed by atoms with E-state index in [4.69, 9.17) is 0 Å². The minimum absolute atomic E-state index is 0.105. The highest BCUT2D eigenvalue weighted by atomic mass is 19.1. The van der Waals surface area contributed by atoms with Gasteiger partial charge in [-0.3, -0.25) is 4.98 Å². The van der Waals surface area contributed by atoms with Crippen LogP contribution in [0.4, 0.5) is 8.78 Å². The SMILES string of the molecule is CCNC(CCc1ccccn1)Cc1cc(F)ccc1F. The summed E-state index contributed by atoms with van der Waals surface area (Å²) in [5, 5.41) is 3.33. The normalized spacial score (nSPS) is 12.3. The predicted molar refractivity (Wildman–Crippen MR) is 80.1 cm³/mol. The third-order valence-corrected chi connectivity index (χ3v) is 3.44. The van der Waals surface area contributed by atoms with Gasteiger partial charge in [-0.25, -0.2) is 8.78 Å². The van der Waals surface area contributed by atoms with Crippen LogP contribution in [0.15, 0.2) is 42.6 Å². The van der Waals surface area contributed by atoms with Gasteiger partial charge >= 0.3 is 0 Å². The van der Waals surface area contributed by atoms with Crippen LogP contribution in [0.25, 0.3) is 0 Å². The summed E-state index contributed by atoms with van der Waals surface area (Å²) >= 11 is 0. The van der Waals surface area contributed by atoms with E-state index < -0.39 is 5.82 Å².